The quantitative estimate of drug-likeness (QED) is 0.796. The first-order valence-electron chi connectivity index (χ1n) is 8.53. The van der Waals surface area contributed by atoms with Gasteiger partial charge in [-0.3, -0.25) is 14.6 Å². The van der Waals surface area contributed by atoms with Gasteiger partial charge in [-0.25, -0.2) is 4.98 Å². The van der Waals surface area contributed by atoms with E-state index in [4.69, 9.17) is 9.47 Å². The molecule has 0 unspecified atom stereocenters. The van der Waals surface area contributed by atoms with E-state index in [2.05, 4.69) is 20.1 Å². The van der Waals surface area contributed by atoms with Gasteiger partial charge in [0.05, 0.1) is 20.8 Å². The van der Waals surface area contributed by atoms with Gasteiger partial charge in [0, 0.05) is 49.9 Å². The number of nitrogens with one attached hydrogen (secondary N) is 1. The molecule has 8 heteroatoms. The van der Waals surface area contributed by atoms with Gasteiger partial charge in [0.25, 0.3) is 0 Å². The molecule has 1 aliphatic rings. The van der Waals surface area contributed by atoms with E-state index in [0.717, 1.165) is 49.8 Å². The number of methoxy groups -OCH3 is 2. The summed E-state index contributed by atoms with van der Waals surface area (Å²) in [6.45, 7) is 4.74. The van der Waals surface area contributed by atoms with E-state index in [1.54, 1.807) is 20.4 Å². The minimum absolute atomic E-state index is 0.0112. The molecule has 1 amide bonds. The van der Waals surface area contributed by atoms with Gasteiger partial charge in [0.2, 0.25) is 5.91 Å². The Morgan fingerprint density at radius 2 is 1.96 bits per heavy atom. The Morgan fingerprint density at radius 1 is 1.19 bits per heavy atom. The van der Waals surface area contributed by atoms with Crippen LogP contribution in [0.25, 0.3) is 0 Å². The third kappa shape index (κ3) is 4.94. The second-order valence-electron chi connectivity index (χ2n) is 6.12. The number of nitrogens with zero attached hydrogens (tertiary/aromatic N) is 3. The lowest BCUT2D eigenvalue weighted by Crippen LogP contribution is -2.48. The fourth-order valence-corrected chi connectivity index (χ4v) is 3.54. The van der Waals surface area contributed by atoms with Gasteiger partial charge in [0.1, 0.15) is 11.5 Å². The minimum Gasteiger partial charge on any atom is -0.497 e. The van der Waals surface area contributed by atoms with Crippen LogP contribution >= 0.6 is 11.3 Å². The molecule has 1 aromatic carbocycles. The molecular formula is C18H24N4O3S. The largest absolute Gasteiger partial charge is 0.497 e. The van der Waals surface area contributed by atoms with Crippen LogP contribution in [0.2, 0.25) is 0 Å². The van der Waals surface area contributed by atoms with Crippen LogP contribution in [-0.2, 0) is 11.3 Å². The van der Waals surface area contributed by atoms with Crippen molar-refractivity contribution in [2.45, 2.75) is 6.54 Å². The van der Waals surface area contributed by atoms with Gasteiger partial charge in [-0.1, -0.05) is 0 Å². The zero-order valence-corrected chi connectivity index (χ0v) is 15.9. The molecule has 1 saturated heterocycles. The van der Waals surface area contributed by atoms with E-state index < -0.39 is 0 Å². The van der Waals surface area contributed by atoms with Crippen LogP contribution in [0.1, 0.15) is 5.56 Å². The van der Waals surface area contributed by atoms with Crippen LogP contribution in [0, 0.1) is 0 Å². The zero-order valence-electron chi connectivity index (χ0n) is 15.1. The summed E-state index contributed by atoms with van der Waals surface area (Å²) in [7, 11) is 3.35. The molecule has 2 heterocycles. The second-order valence-corrected chi connectivity index (χ2v) is 7.01. The smallest absolute Gasteiger partial charge is 0.240 e. The van der Waals surface area contributed by atoms with Gasteiger partial charge in [-0.2, -0.15) is 0 Å². The summed E-state index contributed by atoms with van der Waals surface area (Å²) >= 11 is 1.43. The molecule has 7 nitrogen and oxygen atoms in total. The number of hydrogen-bond donors (Lipinski definition) is 1. The van der Waals surface area contributed by atoms with E-state index in [9.17, 15) is 4.79 Å². The predicted molar refractivity (Wildman–Crippen MR) is 102 cm³/mol. The molecule has 2 aromatic rings. The summed E-state index contributed by atoms with van der Waals surface area (Å²) < 4.78 is 10.8. The lowest BCUT2D eigenvalue weighted by molar-refractivity contribution is -0.117. The summed E-state index contributed by atoms with van der Waals surface area (Å²) in [5.74, 6) is 1.69. The number of anilines is 1. The van der Waals surface area contributed by atoms with E-state index in [0.29, 0.717) is 11.7 Å². The highest BCUT2D eigenvalue weighted by atomic mass is 32.1. The maximum atomic E-state index is 12.1. The SMILES string of the molecule is COc1ccc(OC)c(CN2CCN(CC(=O)Nc3nccs3)CC2)c1. The van der Waals surface area contributed by atoms with Crippen LogP contribution in [0.3, 0.4) is 0 Å². The third-order valence-electron chi connectivity index (χ3n) is 4.39. The van der Waals surface area contributed by atoms with E-state index in [1.165, 1.54) is 11.3 Å². The van der Waals surface area contributed by atoms with Crippen molar-refractivity contribution >= 4 is 22.4 Å². The van der Waals surface area contributed by atoms with Gasteiger partial charge in [0.15, 0.2) is 5.13 Å². The average molecular weight is 376 g/mol. The first-order chi connectivity index (χ1) is 12.7. The van der Waals surface area contributed by atoms with E-state index >= 15 is 0 Å². The fourth-order valence-electron chi connectivity index (χ4n) is 3.00. The molecule has 0 aliphatic carbocycles. The number of thiazole rings is 1. The molecule has 26 heavy (non-hydrogen) atoms. The number of aromatic nitrogens is 1. The highest BCUT2D eigenvalue weighted by molar-refractivity contribution is 7.13. The molecule has 1 aliphatic heterocycles. The van der Waals surface area contributed by atoms with Crippen molar-refractivity contribution in [1.29, 1.82) is 0 Å². The minimum atomic E-state index is -0.0112. The van der Waals surface area contributed by atoms with Crippen LogP contribution < -0.4 is 14.8 Å². The molecule has 1 fully saturated rings. The Morgan fingerprint density at radius 3 is 2.62 bits per heavy atom. The number of amides is 1. The molecule has 0 saturated carbocycles. The van der Waals surface area contributed by atoms with Gasteiger partial charge in [-0.15, -0.1) is 11.3 Å². The average Bonchev–Trinajstić information content (AvgIpc) is 3.16. The second kappa shape index (κ2) is 8.98. The van der Waals surface area contributed by atoms with Crippen molar-refractivity contribution in [1.82, 2.24) is 14.8 Å². The number of piperazine rings is 1. The molecule has 0 bridgehead atoms. The van der Waals surface area contributed by atoms with Crippen molar-refractivity contribution in [3.8, 4) is 11.5 Å². The van der Waals surface area contributed by atoms with Crippen LogP contribution in [-0.4, -0.2) is 67.6 Å². The Labute approximate surface area is 157 Å². The van der Waals surface area contributed by atoms with Crippen molar-refractivity contribution in [2.24, 2.45) is 0 Å². The standard InChI is InChI=1S/C18H24N4O3S/c1-24-15-3-4-16(25-2)14(11-15)12-21-6-8-22(9-7-21)13-17(23)20-18-19-5-10-26-18/h3-5,10-11H,6-9,12-13H2,1-2H3,(H,19,20,23). The lowest BCUT2D eigenvalue weighted by Gasteiger charge is -2.34. The molecule has 0 atom stereocenters. The zero-order chi connectivity index (χ0) is 18.4. The Bertz CT molecular complexity index is 715. The van der Waals surface area contributed by atoms with Crippen molar-refractivity contribution in [3.63, 3.8) is 0 Å². The highest BCUT2D eigenvalue weighted by Gasteiger charge is 2.20. The van der Waals surface area contributed by atoms with Crippen molar-refractivity contribution < 1.29 is 14.3 Å². The van der Waals surface area contributed by atoms with Crippen LogP contribution in [0.4, 0.5) is 5.13 Å². The van der Waals surface area contributed by atoms with Gasteiger partial charge >= 0.3 is 0 Å². The summed E-state index contributed by atoms with van der Waals surface area (Å²) in [6.07, 6.45) is 1.69. The topological polar surface area (TPSA) is 66.9 Å². The Kier molecular flexibility index (Phi) is 6.43. The first kappa shape index (κ1) is 18.6. The summed E-state index contributed by atoms with van der Waals surface area (Å²) in [6, 6.07) is 5.86. The van der Waals surface area contributed by atoms with Crippen molar-refractivity contribution in [2.75, 3.05) is 52.3 Å². The third-order valence-corrected chi connectivity index (χ3v) is 5.08. The number of rotatable bonds is 7. The maximum Gasteiger partial charge on any atom is 0.240 e. The predicted octanol–water partition coefficient (Wildman–Crippen LogP) is 1.92. The first-order valence-corrected chi connectivity index (χ1v) is 9.41. The monoisotopic (exact) mass is 376 g/mol. The van der Waals surface area contributed by atoms with Gasteiger partial charge in [-0.05, 0) is 18.2 Å². The van der Waals surface area contributed by atoms with Crippen molar-refractivity contribution in [3.05, 3.63) is 35.3 Å². The fraction of sp³-hybridized carbons (Fsp3) is 0.444. The molecule has 1 aromatic heterocycles. The number of benzene rings is 1. The number of ether oxygens (including phenoxy) is 2. The van der Waals surface area contributed by atoms with E-state index in [1.807, 2.05) is 23.6 Å². The normalized spacial score (nSPS) is 15.6. The maximum absolute atomic E-state index is 12.1. The number of carbonyl (C=O) groups excluding carboxylic acids is 1. The van der Waals surface area contributed by atoms with E-state index in [-0.39, 0.29) is 5.91 Å². The van der Waals surface area contributed by atoms with Crippen LogP contribution in [0.5, 0.6) is 11.5 Å². The number of carbonyl (C=O) groups is 1. The lowest BCUT2D eigenvalue weighted by atomic mass is 10.1. The summed E-state index contributed by atoms with van der Waals surface area (Å²) in [4.78, 5) is 20.7. The molecule has 0 radical (unpaired) electrons. The summed E-state index contributed by atoms with van der Waals surface area (Å²) in [5.41, 5.74) is 1.11. The van der Waals surface area contributed by atoms with Gasteiger partial charge < -0.3 is 14.8 Å². The number of hydrogen-bond acceptors (Lipinski definition) is 7. The molecule has 140 valence electrons. The molecule has 0 spiro atoms. The molecule has 3 rings (SSSR count). The van der Waals surface area contributed by atoms with Crippen LogP contribution in [0.15, 0.2) is 29.8 Å². The highest BCUT2D eigenvalue weighted by Crippen LogP contribution is 2.25. The Hall–Kier alpha value is -2.16. The molecule has 1 N–H and O–H groups in total. The summed E-state index contributed by atoms with van der Waals surface area (Å²) in [5, 5.41) is 5.33. The Balaban J connectivity index is 1.48. The molecular weight excluding hydrogens is 352 g/mol.